The molecule has 1 amide bonds. The minimum atomic E-state index is -1.07. The van der Waals surface area contributed by atoms with Gasteiger partial charge in [-0.25, -0.2) is 0 Å². The number of aromatic nitrogens is 1. The molecule has 0 saturated carbocycles. The topological polar surface area (TPSA) is 80.6 Å². The third kappa shape index (κ3) is 3.36. The molecule has 6 nitrogen and oxygen atoms in total. The number of nitrogens with zero attached hydrogens (tertiary/aromatic N) is 1. The van der Waals surface area contributed by atoms with E-state index in [9.17, 15) is 9.59 Å². The van der Waals surface area contributed by atoms with Crippen LogP contribution in [0.5, 0.6) is 5.75 Å². The number of aryl methyl sites for hydroxylation is 1. The number of benzene rings is 1. The first kappa shape index (κ1) is 16.6. The van der Waals surface area contributed by atoms with E-state index in [1.54, 1.807) is 13.2 Å². The molecular formula is C17H20N2O4. The molecule has 0 bridgehead atoms. The summed E-state index contributed by atoms with van der Waals surface area (Å²) >= 11 is 0. The second kappa shape index (κ2) is 6.56. The van der Waals surface area contributed by atoms with E-state index in [0.717, 1.165) is 22.8 Å². The third-order valence-electron chi connectivity index (χ3n) is 3.72. The molecule has 2 aromatic rings. The van der Waals surface area contributed by atoms with E-state index in [0.29, 0.717) is 5.56 Å². The predicted octanol–water partition coefficient (Wildman–Crippen LogP) is 2.31. The second-order valence-corrected chi connectivity index (χ2v) is 5.35. The zero-order valence-corrected chi connectivity index (χ0v) is 13.6. The van der Waals surface area contributed by atoms with E-state index in [4.69, 9.17) is 9.84 Å². The molecule has 122 valence electrons. The van der Waals surface area contributed by atoms with Crippen LogP contribution in [0.3, 0.4) is 0 Å². The van der Waals surface area contributed by atoms with Crippen LogP contribution >= 0.6 is 0 Å². The molecule has 2 rings (SSSR count). The molecule has 1 heterocycles. The van der Waals surface area contributed by atoms with Crippen LogP contribution in [0.4, 0.5) is 0 Å². The Morgan fingerprint density at radius 2 is 1.83 bits per heavy atom. The number of ether oxygens (including phenoxy) is 1. The molecule has 1 aromatic carbocycles. The van der Waals surface area contributed by atoms with Gasteiger partial charge in [-0.2, -0.15) is 0 Å². The lowest BCUT2D eigenvalue weighted by atomic mass is 10.2. The van der Waals surface area contributed by atoms with E-state index in [-0.39, 0.29) is 0 Å². The van der Waals surface area contributed by atoms with Crippen molar-refractivity contribution in [2.75, 3.05) is 7.11 Å². The number of methoxy groups -OCH3 is 1. The van der Waals surface area contributed by atoms with E-state index >= 15 is 0 Å². The van der Waals surface area contributed by atoms with E-state index < -0.39 is 17.9 Å². The van der Waals surface area contributed by atoms with Gasteiger partial charge in [0.1, 0.15) is 11.8 Å². The summed E-state index contributed by atoms with van der Waals surface area (Å²) in [5.41, 5.74) is 3.01. The first-order chi connectivity index (χ1) is 10.8. The number of rotatable bonds is 5. The standard InChI is InChI=1S/C17H20N2O4/c1-10-9-15(16(20)18-11(2)17(21)22)12(3)19(10)13-5-7-14(23-4)8-6-13/h5-9,11H,1-4H3,(H,18,20)(H,21,22)/t11-/m1/s1. The highest BCUT2D eigenvalue weighted by Crippen LogP contribution is 2.22. The number of hydrogen-bond donors (Lipinski definition) is 2. The van der Waals surface area contributed by atoms with Gasteiger partial charge in [-0.1, -0.05) is 0 Å². The zero-order chi connectivity index (χ0) is 17.1. The Kier molecular flexibility index (Phi) is 4.74. The van der Waals surface area contributed by atoms with Crippen LogP contribution in [0.2, 0.25) is 0 Å². The molecule has 0 spiro atoms. The normalized spacial score (nSPS) is 11.8. The molecule has 0 aliphatic carbocycles. The summed E-state index contributed by atoms with van der Waals surface area (Å²) in [6, 6.07) is 8.32. The van der Waals surface area contributed by atoms with E-state index in [1.165, 1.54) is 6.92 Å². The molecule has 6 heteroatoms. The van der Waals surface area contributed by atoms with Crippen molar-refractivity contribution in [3.63, 3.8) is 0 Å². The first-order valence-electron chi connectivity index (χ1n) is 7.22. The highest BCUT2D eigenvalue weighted by atomic mass is 16.5. The van der Waals surface area contributed by atoms with Crippen molar-refractivity contribution >= 4 is 11.9 Å². The minimum absolute atomic E-state index is 0.396. The van der Waals surface area contributed by atoms with Crippen LogP contribution in [0.15, 0.2) is 30.3 Å². The Bertz CT molecular complexity index is 732. The van der Waals surface area contributed by atoms with E-state index in [1.807, 2.05) is 42.7 Å². The number of carbonyl (C=O) groups excluding carboxylic acids is 1. The van der Waals surface area contributed by atoms with Gasteiger partial charge in [0.2, 0.25) is 0 Å². The van der Waals surface area contributed by atoms with Crippen molar-refractivity contribution < 1.29 is 19.4 Å². The number of amides is 1. The van der Waals surface area contributed by atoms with Crippen molar-refractivity contribution in [1.82, 2.24) is 9.88 Å². The number of hydrogen-bond acceptors (Lipinski definition) is 3. The molecular weight excluding hydrogens is 296 g/mol. The number of carboxylic acids is 1. The highest BCUT2D eigenvalue weighted by molar-refractivity contribution is 5.98. The smallest absolute Gasteiger partial charge is 0.325 e. The van der Waals surface area contributed by atoms with Crippen LogP contribution in [0.1, 0.15) is 28.7 Å². The van der Waals surface area contributed by atoms with Crippen LogP contribution < -0.4 is 10.1 Å². The zero-order valence-electron chi connectivity index (χ0n) is 13.6. The quantitative estimate of drug-likeness (QED) is 0.887. The van der Waals surface area contributed by atoms with Crippen molar-refractivity contribution in [1.29, 1.82) is 0 Å². The molecule has 1 aromatic heterocycles. The maximum atomic E-state index is 12.3. The Labute approximate surface area is 134 Å². The average molecular weight is 316 g/mol. The van der Waals surface area contributed by atoms with Crippen LogP contribution in [0.25, 0.3) is 5.69 Å². The van der Waals surface area contributed by atoms with Crippen molar-refractivity contribution in [2.45, 2.75) is 26.8 Å². The highest BCUT2D eigenvalue weighted by Gasteiger charge is 2.20. The van der Waals surface area contributed by atoms with Gasteiger partial charge in [-0.15, -0.1) is 0 Å². The third-order valence-corrected chi connectivity index (χ3v) is 3.72. The molecule has 0 unspecified atom stereocenters. The Morgan fingerprint density at radius 3 is 2.35 bits per heavy atom. The lowest BCUT2D eigenvalue weighted by Gasteiger charge is -2.12. The van der Waals surface area contributed by atoms with Gasteiger partial charge in [0, 0.05) is 17.1 Å². The number of nitrogens with one attached hydrogen (secondary N) is 1. The first-order valence-corrected chi connectivity index (χ1v) is 7.22. The van der Waals surface area contributed by atoms with Gasteiger partial charge in [-0.3, -0.25) is 9.59 Å². The molecule has 0 aliphatic heterocycles. The van der Waals surface area contributed by atoms with Crippen molar-refractivity contribution in [3.8, 4) is 11.4 Å². The minimum Gasteiger partial charge on any atom is -0.497 e. The number of carbonyl (C=O) groups is 2. The summed E-state index contributed by atoms with van der Waals surface area (Å²) in [6.45, 7) is 5.16. The second-order valence-electron chi connectivity index (χ2n) is 5.35. The van der Waals surface area contributed by atoms with Gasteiger partial charge < -0.3 is 19.7 Å². The van der Waals surface area contributed by atoms with Crippen molar-refractivity contribution in [2.24, 2.45) is 0 Å². The largest absolute Gasteiger partial charge is 0.497 e. The van der Waals surface area contributed by atoms with Gasteiger partial charge in [0.25, 0.3) is 5.91 Å². The van der Waals surface area contributed by atoms with E-state index in [2.05, 4.69) is 5.32 Å². The number of carboxylic acid groups (broad SMARTS) is 1. The fourth-order valence-corrected chi connectivity index (χ4v) is 2.46. The maximum Gasteiger partial charge on any atom is 0.325 e. The molecule has 0 aliphatic rings. The monoisotopic (exact) mass is 316 g/mol. The lowest BCUT2D eigenvalue weighted by Crippen LogP contribution is -2.38. The fourth-order valence-electron chi connectivity index (χ4n) is 2.46. The van der Waals surface area contributed by atoms with Crippen LogP contribution in [0, 0.1) is 13.8 Å². The molecule has 0 fully saturated rings. The molecule has 0 saturated heterocycles. The summed E-state index contributed by atoms with van der Waals surface area (Å²) in [4.78, 5) is 23.1. The van der Waals surface area contributed by atoms with Crippen molar-refractivity contribution in [3.05, 3.63) is 47.3 Å². The summed E-state index contributed by atoms with van der Waals surface area (Å²) in [6.07, 6.45) is 0. The lowest BCUT2D eigenvalue weighted by molar-refractivity contribution is -0.138. The Balaban J connectivity index is 2.35. The van der Waals surface area contributed by atoms with Gasteiger partial charge in [0.15, 0.2) is 0 Å². The molecule has 1 atom stereocenters. The number of aliphatic carboxylic acids is 1. The summed E-state index contributed by atoms with van der Waals surface area (Å²) < 4.78 is 7.09. The summed E-state index contributed by atoms with van der Waals surface area (Å²) in [5, 5.41) is 11.4. The van der Waals surface area contributed by atoms with Crippen LogP contribution in [-0.2, 0) is 4.79 Å². The van der Waals surface area contributed by atoms with Gasteiger partial charge in [-0.05, 0) is 51.1 Å². The SMILES string of the molecule is COc1ccc(-n2c(C)cc(C(=O)N[C@H](C)C(=O)O)c2C)cc1. The Hall–Kier alpha value is -2.76. The predicted molar refractivity (Wildman–Crippen MR) is 86.4 cm³/mol. The average Bonchev–Trinajstić information content (AvgIpc) is 2.82. The Morgan fingerprint density at radius 1 is 1.22 bits per heavy atom. The maximum absolute atomic E-state index is 12.3. The van der Waals surface area contributed by atoms with Crippen LogP contribution in [-0.4, -0.2) is 34.7 Å². The van der Waals surface area contributed by atoms with Gasteiger partial charge >= 0.3 is 5.97 Å². The summed E-state index contributed by atoms with van der Waals surface area (Å²) in [5.74, 6) is -0.709. The molecule has 0 radical (unpaired) electrons. The molecule has 2 N–H and O–H groups in total. The molecule has 23 heavy (non-hydrogen) atoms. The van der Waals surface area contributed by atoms with Gasteiger partial charge in [0.05, 0.1) is 12.7 Å². The fraction of sp³-hybridized carbons (Fsp3) is 0.294. The summed E-state index contributed by atoms with van der Waals surface area (Å²) in [7, 11) is 1.60.